The van der Waals surface area contributed by atoms with Crippen LogP contribution in [0.1, 0.15) is 21.8 Å². The van der Waals surface area contributed by atoms with Crippen molar-refractivity contribution in [2.24, 2.45) is 0 Å². The second-order valence-corrected chi connectivity index (χ2v) is 7.32. The molecule has 2 aliphatic rings. The minimum absolute atomic E-state index is 0. The van der Waals surface area contributed by atoms with E-state index in [2.05, 4.69) is 63.3 Å². The summed E-state index contributed by atoms with van der Waals surface area (Å²) >= 11 is -0.218. The standard InChI is InChI=1S/C11H8N3.C5H5.2ClH.Ti/c1-2-4-10-6-11(5-9(10)3-1)14-7-12-13-8-14;1-2-4-5-3-1;;;/h1-8H;1-3H,4H2;2*1H;/q;;;;+2/p-2. The Kier molecular flexibility index (Phi) is 5.82. The minimum atomic E-state index is -0.218. The maximum Gasteiger partial charge on any atom is -1.00 e. The van der Waals surface area contributed by atoms with Gasteiger partial charge in [-0.25, -0.2) is 0 Å². The first-order valence-corrected chi connectivity index (χ1v) is 8.38. The van der Waals surface area contributed by atoms with E-state index in [-0.39, 0.29) is 44.0 Å². The molecular weight excluding hydrogens is 353 g/mol. The Hall–Kier alpha value is -1.13. The summed E-state index contributed by atoms with van der Waals surface area (Å²) in [5.74, 6) is 0. The molecule has 1 unspecified atom stereocenters. The summed E-state index contributed by atoms with van der Waals surface area (Å²) in [7, 11) is 0. The monoisotopic (exact) mass is 365 g/mol. The number of allylic oxidation sites excluding steroid dienone is 5. The first kappa shape index (κ1) is 17.2. The molecule has 0 saturated carbocycles. The van der Waals surface area contributed by atoms with Crippen LogP contribution in [0.5, 0.6) is 0 Å². The molecule has 0 saturated heterocycles. The van der Waals surface area contributed by atoms with E-state index in [0.717, 1.165) is 6.42 Å². The SMILES string of the molecule is C1=CC[C]([Ti+2][CH]2C(n3cnnc3)=Cc3ccccc32)=C1.[Cl-].[Cl-]. The summed E-state index contributed by atoms with van der Waals surface area (Å²) in [6, 6.07) is 8.72. The number of aromatic nitrogens is 3. The second kappa shape index (κ2) is 7.43. The zero-order valence-corrected chi connectivity index (χ0v) is 14.7. The van der Waals surface area contributed by atoms with E-state index >= 15 is 0 Å². The molecule has 0 N–H and O–H groups in total. The number of nitrogens with zero attached hydrogens (tertiary/aromatic N) is 3. The maximum absolute atomic E-state index is 3.95. The van der Waals surface area contributed by atoms with Gasteiger partial charge < -0.3 is 24.8 Å². The molecule has 0 bridgehead atoms. The van der Waals surface area contributed by atoms with Crippen LogP contribution < -0.4 is 24.8 Å². The fraction of sp³-hybridized carbons (Fsp3) is 0.125. The van der Waals surface area contributed by atoms with Gasteiger partial charge in [0.1, 0.15) is 0 Å². The quantitative estimate of drug-likeness (QED) is 0.553. The fourth-order valence-electron chi connectivity index (χ4n) is 2.76. The number of hydrogen-bond acceptors (Lipinski definition) is 2. The summed E-state index contributed by atoms with van der Waals surface area (Å²) < 4.78 is 4.20. The fourth-order valence-corrected chi connectivity index (χ4v) is 5.25. The van der Waals surface area contributed by atoms with Gasteiger partial charge >= 0.3 is 126 Å². The molecule has 22 heavy (non-hydrogen) atoms. The Morgan fingerprint density at radius 1 is 1.09 bits per heavy atom. The van der Waals surface area contributed by atoms with Gasteiger partial charge in [-0.1, -0.05) is 0 Å². The smallest absolute Gasteiger partial charge is 1.00 e. The molecule has 3 nitrogen and oxygen atoms in total. The summed E-state index contributed by atoms with van der Waals surface area (Å²) in [5, 5.41) is 7.91. The first-order chi connectivity index (χ1) is 9.92. The largest absolute Gasteiger partial charge is 1.00 e. The Labute approximate surface area is 151 Å². The average Bonchev–Trinajstić information content (AvgIpc) is 3.19. The predicted octanol–water partition coefficient (Wildman–Crippen LogP) is -2.73. The second-order valence-electron chi connectivity index (χ2n) is 4.97. The summed E-state index contributed by atoms with van der Waals surface area (Å²) in [4.78, 5) is 0. The van der Waals surface area contributed by atoms with Crippen molar-refractivity contribution in [2.45, 2.75) is 10.6 Å². The number of halogens is 2. The molecular formula is C16H13Cl2N3Ti. The molecule has 1 aromatic carbocycles. The molecule has 2 aromatic rings. The summed E-state index contributed by atoms with van der Waals surface area (Å²) in [6.45, 7) is 0. The maximum atomic E-state index is 3.95. The van der Waals surface area contributed by atoms with E-state index in [9.17, 15) is 0 Å². The van der Waals surface area contributed by atoms with E-state index in [1.165, 1.54) is 16.8 Å². The minimum Gasteiger partial charge on any atom is -1.00 e. The van der Waals surface area contributed by atoms with Crippen molar-refractivity contribution in [3.05, 3.63) is 70.2 Å². The van der Waals surface area contributed by atoms with Crippen molar-refractivity contribution in [3.63, 3.8) is 0 Å². The number of benzene rings is 1. The molecule has 1 heterocycles. The zero-order valence-electron chi connectivity index (χ0n) is 11.7. The van der Waals surface area contributed by atoms with Crippen LogP contribution in [0, 0.1) is 0 Å². The molecule has 0 amide bonds. The Morgan fingerprint density at radius 3 is 2.59 bits per heavy atom. The molecule has 0 radical (unpaired) electrons. The van der Waals surface area contributed by atoms with Crippen molar-refractivity contribution in [2.75, 3.05) is 0 Å². The van der Waals surface area contributed by atoms with Crippen molar-refractivity contribution in [1.29, 1.82) is 0 Å². The van der Waals surface area contributed by atoms with E-state index in [4.69, 9.17) is 0 Å². The van der Waals surface area contributed by atoms with Crippen LogP contribution in [0.25, 0.3) is 11.8 Å². The van der Waals surface area contributed by atoms with Crippen LogP contribution in [-0.2, 0) is 19.2 Å². The third-order valence-corrected chi connectivity index (χ3v) is 6.28. The molecule has 4 rings (SSSR count). The normalized spacial score (nSPS) is 17.7. The van der Waals surface area contributed by atoms with Crippen molar-refractivity contribution < 1.29 is 44.0 Å². The van der Waals surface area contributed by atoms with E-state index in [1.54, 1.807) is 16.5 Å². The third kappa shape index (κ3) is 3.13. The van der Waals surface area contributed by atoms with Crippen LogP contribution in [0.2, 0.25) is 0 Å². The topological polar surface area (TPSA) is 30.7 Å². The Morgan fingerprint density at radius 2 is 1.86 bits per heavy atom. The van der Waals surface area contributed by atoms with Crippen molar-refractivity contribution >= 4 is 11.8 Å². The number of hydrogen-bond donors (Lipinski definition) is 0. The number of fused-ring (bicyclic) bond motifs is 1. The van der Waals surface area contributed by atoms with Gasteiger partial charge in [0, 0.05) is 0 Å². The predicted molar refractivity (Wildman–Crippen MR) is 75.2 cm³/mol. The zero-order chi connectivity index (χ0) is 13.4. The van der Waals surface area contributed by atoms with Crippen LogP contribution in [0.15, 0.2) is 59.0 Å². The van der Waals surface area contributed by atoms with Gasteiger partial charge in [0.15, 0.2) is 0 Å². The summed E-state index contributed by atoms with van der Waals surface area (Å²) in [5.41, 5.74) is 4.13. The molecule has 0 fully saturated rings. The Balaban J connectivity index is 0.000000882. The van der Waals surface area contributed by atoms with E-state index in [1.807, 2.05) is 0 Å². The molecule has 1 atom stereocenters. The van der Waals surface area contributed by atoms with Crippen LogP contribution in [0.3, 0.4) is 0 Å². The van der Waals surface area contributed by atoms with Gasteiger partial charge in [0.2, 0.25) is 0 Å². The van der Waals surface area contributed by atoms with Crippen molar-refractivity contribution in [3.8, 4) is 0 Å². The van der Waals surface area contributed by atoms with Gasteiger partial charge in [0.05, 0.1) is 0 Å². The van der Waals surface area contributed by atoms with Crippen molar-refractivity contribution in [1.82, 2.24) is 14.8 Å². The molecule has 2 aliphatic carbocycles. The first-order valence-electron chi connectivity index (χ1n) is 6.69. The molecule has 6 heteroatoms. The van der Waals surface area contributed by atoms with Crippen LogP contribution in [-0.4, -0.2) is 14.8 Å². The Bertz CT molecular complexity index is 736. The van der Waals surface area contributed by atoms with Gasteiger partial charge in [-0.05, 0) is 0 Å². The molecule has 110 valence electrons. The van der Waals surface area contributed by atoms with Gasteiger partial charge in [0.25, 0.3) is 0 Å². The van der Waals surface area contributed by atoms with E-state index < -0.39 is 0 Å². The van der Waals surface area contributed by atoms with Gasteiger partial charge in [-0.15, -0.1) is 0 Å². The molecule has 0 aliphatic heterocycles. The number of rotatable bonds is 3. The van der Waals surface area contributed by atoms with Crippen LogP contribution >= 0.6 is 0 Å². The van der Waals surface area contributed by atoms with E-state index in [0.29, 0.717) is 4.22 Å². The molecule has 1 aromatic heterocycles. The average molecular weight is 366 g/mol. The van der Waals surface area contributed by atoms with Gasteiger partial charge in [-0.3, -0.25) is 0 Å². The summed E-state index contributed by atoms with van der Waals surface area (Å²) in [6.07, 6.45) is 13.8. The third-order valence-electron chi connectivity index (χ3n) is 3.72. The molecule has 0 spiro atoms. The van der Waals surface area contributed by atoms with Crippen LogP contribution in [0.4, 0.5) is 0 Å². The van der Waals surface area contributed by atoms with Gasteiger partial charge in [-0.2, -0.15) is 0 Å².